The van der Waals surface area contributed by atoms with Crippen molar-refractivity contribution >= 4 is 17.2 Å². The Bertz CT molecular complexity index is 602. The molecule has 3 nitrogen and oxygen atoms in total. The molecule has 1 atom stereocenters. The lowest BCUT2D eigenvalue weighted by Gasteiger charge is -2.13. The maximum Gasteiger partial charge on any atom is 0.258 e. The molecule has 0 saturated carbocycles. The molecule has 0 radical (unpaired) electrons. The molecule has 0 aliphatic rings. The number of rotatable bonds is 6. The zero-order valence-corrected chi connectivity index (χ0v) is 12.3. The Balaban J connectivity index is 1.79. The Hall–Kier alpha value is -1.95. The molecule has 1 amide bonds. The van der Waals surface area contributed by atoms with Gasteiger partial charge >= 0.3 is 0 Å². The van der Waals surface area contributed by atoms with Gasteiger partial charge in [0, 0.05) is 23.4 Å². The third-order valence-electron chi connectivity index (χ3n) is 2.75. The lowest BCUT2D eigenvalue weighted by molar-refractivity contribution is -0.123. The van der Waals surface area contributed by atoms with Crippen molar-refractivity contribution in [3.63, 3.8) is 0 Å². The monoisotopic (exact) mass is 311 g/mol. The van der Waals surface area contributed by atoms with Crippen molar-refractivity contribution in [1.29, 1.82) is 0 Å². The summed E-state index contributed by atoms with van der Waals surface area (Å²) in [6.45, 7) is 1.58. The summed E-state index contributed by atoms with van der Waals surface area (Å²) in [7, 11) is 0. The zero-order chi connectivity index (χ0) is 15.2. The zero-order valence-electron chi connectivity index (χ0n) is 11.4. The van der Waals surface area contributed by atoms with Gasteiger partial charge in [0.25, 0.3) is 5.91 Å². The van der Waals surface area contributed by atoms with E-state index >= 15 is 0 Å². The Morgan fingerprint density at radius 3 is 2.86 bits per heavy atom. The van der Waals surface area contributed by atoms with Crippen LogP contribution in [0.3, 0.4) is 0 Å². The molecule has 1 aromatic heterocycles. The number of halogens is 2. The Labute approximate surface area is 125 Å². The number of benzene rings is 1. The molecule has 0 spiro atoms. The number of nitrogens with one attached hydrogen (secondary N) is 1. The Kier molecular flexibility index (Phi) is 5.27. The predicted octanol–water partition coefficient (Wildman–Crippen LogP) is 3.15. The second kappa shape index (κ2) is 7.17. The first-order valence-electron chi connectivity index (χ1n) is 6.44. The molecular formula is C15H15F2NO2S. The van der Waals surface area contributed by atoms with Crippen LogP contribution in [0.5, 0.6) is 5.75 Å². The van der Waals surface area contributed by atoms with Gasteiger partial charge in [-0.25, -0.2) is 8.78 Å². The highest BCUT2D eigenvalue weighted by atomic mass is 32.1. The molecule has 0 bridgehead atoms. The average Bonchev–Trinajstić information content (AvgIpc) is 2.90. The number of ether oxygens (including phenoxy) is 1. The highest BCUT2D eigenvalue weighted by molar-refractivity contribution is 7.09. The van der Waals surface area contributed by atoms with E-state index in [9.17, 15) is 13.6 Å². The minimum atomic E-state index is -0.825. The summed E-state index contributed by atoms with van der Waals surface area (Å²) in [4.78, 5) is 12.9. The summed E-state index contributed by atoms with van der Waals surface area (Å²) in [5.74, 6) is -2.00. The standard InChI is InChI=1S/C15H15F2NO2S/c1-10(7-12-3-2-6-21-12)18-15(19)9-20-14-5-4-11(16)8-13(14)17/h2-6,8,10H,7,9H2,1H3,(H,18,19). The lowest BCUT2D eigenvalue weighted by Crippen LogP contribution is -2.37. The maximum absolute atomic E-state index is 13.3. The van der Waals surface area contributed by atoms with Gasteiger partial charge in [-0.05, 0) is 30.5 Å². The Morgan fingerprint density at radius 2 is 2.19 bits per heavy atom. The molecule has 1 N–H and O–H groups in total. The van der Waals surface area contributed by atoms with Gasteiger partial charge in [0.15, 0.2) is 18.2 Å². The minimum Gasteiger partial charge on any atom is -0.481 e. The van der Waals surface area contributed by atoms with Crippen molar-refractivity contribution in [2.75, 3.05) is 6.61 Å². The molecule has 21 heavy (non-hydrogen) atoms. The van der Waals surface area contributed by atoms with Crippen LogP contribution in [0.2, 0.25) is 0 Å². The van der Waals surface area contributed by atoms with Crippen LogP contribution in [0.15, 0.2) is 35.7 Å². The molecule has 0 fully saturated rings. The summed E-state index contributed by atoms with van der Waals surface area (Å²) in [6, 6.07) is 6.86. The van der Waals surface area contributed by atoms with Crippen molar-refractivity contribution < 1.29 is 18.3 Å². The van der Waals surface area contributed by atoms with E-state index in [-0.39, 0.29) is 24.3 Å². The number of carbonyl (C=O) groups excluding carboxylic acids is 1. The topological polar surface area (TPSA) is 38.3 Å². The number of carbonyl (C=O) groups is 1. The van der Waals surface area contributed by atoms with Crippen LogP contribution in [0, 0.1) is 11.6 Å². The van der Waals surface area contributed by atoms with Gasteiger partial charge in [-0.15, -0.1) is 11.3 Å². The lowest BCUT2D eigenvalue weighted by atomic mass is 10.2. The fraction of sp³-hybridized carbons (Fsp3) is 0.267. The van der Waals surface area contributed by atoms with Crippen LogP contribution in [-0.2, 0) is 11.2 Å². The number of amides is 1. The molecule has 0 aliphatic heterocycles. The minimum absolute atomic E-state index is 0.0437. The molecule has 1 heterocycles. The average molecular weight is 311 g/mol. The molecule has 1 unspecified atom stereocenters. The van der Waals surface area contributed by atoms with Crippen molar-refractivity contribution in [3.8, 4) is 5.75 Å². The van der Waals surface area contributed by atoms with Gasteiger partial charge in [0.1, 0.15) is 5.82 Å². The normalized spacial score (nSPS) is 12.0. The second-order valence-electron chi connectivity index (χ2n) is 4.62. The molecule has 0 saturated heterocycles. The van der Waals surface area contributed by atoms with E-state index < -0.39 is 11.6 Å². The quantitative estimate of drug-likeness (QED) is 0.890. The molecule has 6 heteroatoms. The third-order valence-corrected chi connectivity index (χ3v) is 3.65. The first-order valence-corrected chi connectivity index (χ1v) is 7.32. The molecule has 0 aliphatic carbocycles. The van der Waals surface area contributed by atoms with Crippen LogP contribution in [0.1, 0.15) is 11.8 Å². The van der Waals surface area contributed by atoms with Gasteiger partial charge < -0.3 is 10.1 Å². The first-order chi connectivity index (χ1) is 10.0. The van der Waals surface area contributed by atoms with Crippen LogP contribution in [0.25, 0.3) is 0 Å². The summed E-state index contributed by atoms with van der Waals surface area (Å²) >= 11 is 1.62. The third kappa shape index (κ3) is 4.82. The second-order valence-corrected chi connectivity index (χ2v) is 5.65. The van der Waals surface area contributed by atoms with E-state index in [1.807, 2.05) is 24.4 Å². The van der Waals surface area contributed by atoms with Gasteiger partial charge in [0.2, 0.25) is 0 Å². The van der Waals surface area contributed by atoms with E-state index in [2.05, 4.69) is 5.32 Å². The van der Waals surface area contributed by atoms with Gasteiger partial charge in [-0.2, -0.15) is 0 Å². The molecule has 2 aromatic rings. The van der Waals surface area contributed by atoms with Crippen molar-refractivity contribution in [2.24, 2.45) is 0 Å². The van der Waals surface area contributed by atoms with E-state index in [0.717, 1.165) is 18.6 Å². The van der Waals surface area contributed by atoms with E-state index in [4.69, 9.17) is 4.74 Å². The Morgan fingerprint density at radius 1 is 1.38 bits per heavy atom. The van der Waals surface area contributed by atoms with E-state index in [1.54, 1.807) is 11.3 Å². The van der Waals surface area contributed by atoms with Crippen LogP contribution < -0.4 is 10.1 Å². The molecule has 2 rings (SSSR count). The van der Waals surface area contributed by atoms with Crippen LogP contribution >= 0.6 is 11.3 Å². The molecule has 1 aromatic carbocycles. The van der Waals surface area contributed by atoms with Crippen molar-refractivity contribution in [1.82, 2.24) is 5.32 Å². The largest absolute Gasteiger partial charge is 0.481 e. The van der Waals surface area contributed by atoms with Crippen LogP contribution in [-0.4, -0.2) is 18.6 Å². The smallest absolute Gasteiger partial charge is 0.258 e. The first kappa shape index (κ1) is 15.4. The predicted molar refractivity (Wildman–Crippen MR) is 77.5 cm³/mol. The summed E-state index contributed by atoms with van der Waals surface area (Å²) in [6.07, 6.45) is 0.730. The fourth-order valence-electron chi connectivity index (χ4n) is 1.83. The van der Waals surface area contributed by atoms with Crippen molar-refractivity contribution in [2.45, 2.75) is 19.4 Å². The summed E-state index contributed by atoms with van der Waals surface area (Å²) in [5.41, 5.74) is 0. The highest BCUT2D eigenvalue weighted by Crippen LogP contribution is 2.17. The van der Waals surface area contributed by atoms with Crippen LogP contribution in [0.4, 0.5) is 8.78 Å². The molecule has 112 valence electrons. The SMILES string of the molecule is CC(Cc1cccs1)NC(=O)COc1ccc(F)cc1F. The maximum atomic E-state index is 13.3. The number of hydrogen-bond acceptors (Lipinski definition) is 3. The molecular weight excluding hydrogens is 296 g/mol. The number of hydrogen-bond donors (Lipinski definition) is 1. The van der Waals surface area contributed by atoms with Crippen molar-refractivity contribution in [3.05, 3.63) is 52.2 Å². The highest BCUT2D eigenvalue weighted by Gasteiger charge is 2.11. The fourth-order valence-corrected chi connectivity index (χ4v) is 2.67. The van der Waals surface area contributed by atoms with Gasteiger partial charge in [-0.3, -0.25) is 4.79 Å². The summed E-state index contributed by atoms with van der Waals surface area (Å²) < 4.78 is 31.1. The van der Waals surface area contributed by atoms with E-state index in [0.29, 0.717) is 6.07 Å². The van der Waals surface area contributed by atoms with E-state index in [1.165, 1.54) is 4.88 Å². The van der Waals surface area contributed by atoms with Gasteiger partial charge in [0.05, 0.1) is 0 Å². The van der Waals surface area contributed by atoms with Gasteiger partial charge in [-0.1, -0.05) is 6.07 Å². The number of thiophene rings is 1. The summed E-state index contributed by atoms with van der Waals surface area (Å²) in [5, 5.41) is 4.74.